The molecule has 1 aromatic heterocycles. The predicted molar refractivity (Wildman–Crippen MR) is 101 cm³/mol. The number of nitrogens with one attached hydrogen (secondary N) is 1. The number of nitrogens with zero attached hydrogens (tertiary/aromatic N) is 2. The molecule has 1 N–H and O–H groups in total. The van der Waals surface area contributed by atoms with Crippen LogP contribution in [0.15, 0.2) is 42.5 Å². The molecule has 9 heteroatoms. The summed E-state index contributed by atoms with van der Waals surface area (Å²) in [7, 11) is 0. The summed E-state index contributed by atoms with van der Waals surface area (Å²) in [5, 5.41) is 12.7. The third kappa shape index (κ3) is 4.47. The number of carbonyl (C=O) groups excluding carboxylic acids is 1. The van der Waals surface area contributed by atoms with Crippen molar-refractivity contribution in [3.63, 3.8) is 0 Å². The van der Waals surface area contributed by atoms with Crippen LogP contribution in [0.3, 0.4) is 0 Å². The molecule has 0 radical (unpaired) electrons. The van der Waals surface area contributed by atoms with Crippen molar-refractivity contribution >= 4 is 34.0 Å². The number of carbonyl (C=O) groups is 1. The van der Waals surface area contributed by atoms with Crippen molar-refractivity contribution in [2.24, 2.45) is 0 Å². The van der Waals surface area contributed by atoms with Crippen LogP contribution < -0.4 is 19.5 Å². The van der Waals surface area contributed by atoms with Crippen LogP contribution in [0.1, 0.15) is 10.6 Å². The number of rotatable bonds is 6. The summed E-state index contributed by atoms with van der Waals surface area (Å²) in [6.07, 6.45) is 0.623. The summed E-state index contributed by atoms with van der Waals surface area (Å²) in [5.41, 5.74) is 1.07. The van der Waals surface area contributed by atoms with Gasteiger partial charge in [-0.05, 0) is 29.8 Å². The molecule has 0 spiro atoms. The highest BCUT2D eigenvalue weighted by molar-refractivity contribution is 7.15. The van der Waals surface area contributed by atoms with Gasteiger partial charge in [0.25, 0.3) is 5.91 Å². The second kappa shape index (κ2) is 7.81. The molecule has 1 amide bonds. The van der Waals surface area contributed by atoms with Crippen LogP contribution in [0.5, 0.6) is 17.2 Å². The second-order valence-corrected chi connectivity index (χ2v) is 7.15. The first-order valence-corrected chi connectivity index (χ1v) is 9.24. The minimum Gasteiger partial charge on any atom is -0.484 e. The van der Waals surface area contributed by atoms with E-state index in [9.17, 15) is 4.79 Å². The van der Waals surface area contributed by atoms with Crippen molar-refractivity contribution in [1.82, 2.24) is 10.2 Å². The van der Waals surface area contributed by atoms with Crippen molar-refractivity contribution in [3.8, 4) is 17.2 Å². The maximum Gasteiger partial charge on any atom is 0.264 e. The Balaban J connectivity index is 1.29. The van der Waals surface area contributed by atoms with Crippen molar-refractivity contribution in [2.75, 3.05) is 18.7 Å². The molecule has 2 heterocycles. The lowest BCUT2D eigenvalue weighted by Gasteiger charge is -2.06. The van der Waals surface area contributed by atoms with Crippen molar-refractivity contribution in [3.05, 3.63) is 58.1 Å². The fraction of sp³-hybridized carbons (Fsp3) is 0.167. The lowest BCUT2D eigenvalue weighted by molar-refractivity contribution is -0.118. The van der Waals surface area contributed by atoms with Gasteiger partial charge in [0, 0.05) is 17.5 Å². The van der Waals surface area contributed by atoms with E-state index in [0.717, 1.165) is 10.6 Å². The van der Waals surface area contributed by atoms with Crippen molar-refractivity contribution in [2.45, 2.75) is 6.42 Å². The topological polar surface area (TPSA) is 82.6 Å². The Kier molecular flexibility index (Phi) is 5.08. The molecule has 3 aromatic rings. The Morgan fingerprint density at radius 2 is 1.96 bits per heavy atom. The fourth-order valence-electron chi connectivity index (χ4n) is 2.42. The van der Waals surface area contributed by atoms with Gasteiger partial charge in [-0.2, -0.15) is 0 Å². The fourth-order valence-corrected chi connectivity index (χ4v) is 3.34. The van der Waals surface area contributed by atoms with E-state index in [1.54, 1.807) is 18.2 Å². The summed E-state index contributed by atoms with van der Waals surface area (Å²) in [4.78, 5) is 12.1. The van der Waals surface area contributed by atoms with Gasteiger partial charge in [0.1, 0.15) is 10.8 Å². The van der Waals surface area contributed by atoms with Crippen LogP contribution in [-0.4, -0.2) is 29.5 Å². The van der Waals surface area contributed by atoms with E-state index in [4.69, 9.17) is 25.8 Å². The number of hydrogen-bond donors (Lipinski definition) is 1. The van der Waals surface area contributed by atoms with Gasteiger partial charge in [-0.3, -0.25) is 10.1 Å². The van der Waals surface area contributed by atoms with Gasteiger partial charge in [-0.1, -0.05) is 35.1 Å². The summed E-state index contributed by atoms with van der Waals surface area (Å²) in [5.74, 6) is 1.47. The monoisotopic (exact) mass is 403 g/mol. The maximum atomic E-state index is 12.1. The Morgan fingerprint density at radius 3 is 2.81 bits per heavy atom. The Bertz CT molecular complexity index is 961. The number of anilines is 1. The highest BCUT2D eigenvalue weighted by Crippen LogP contribution is 2.35. The van der Waals surface area contributed by atoms with E-state index in [2.05, 4.69) is 15.5 Å². The summed E-state index contributed by atoms with van der Waals surface area (Å²) in [6.45, 7) is 0.0421. The average molecular weight is 404 g/mol. The number of benzene rings is 2. The normalized spacial score (nSPS) is 12.0. The Morgan fingerprint density at radius 1 is 1.15 bits per heavy atom. The largest absolute Gasteiger partial charge is 0.484 e. The molecule has 1 aliphatic rings. The van der Waals surface area contributed by atoms with Gasteiger partial charge in [0.05, 0.1) is 0 Å². The molecule has 27 heavy (non-hydrogen) atoms. The van der Waals surface area contributed by atoms with Gasteiger partial charge in [0.15, 0.2) is 18.1 Å². The molecule has 0 saturated carbocycles. The molecule has 4 rings (SSSR count). The summed E-state index contributed by atoms with van der Waals surface area (Å²) >= 11 is 7.20. The second-order valence-electron chi connectivity index (χ2n) is 5.66. The van der Waals surface area contributed by atoms with Gasteiger partial charge < -0.3 is 14.2 Å². The number of amides is 1. The van der Waals surface area contributed by atoms with E-state index in [-0.39, 0.29) is 19.3 Å². The number of fused-ring (bicyclic) bond motifs is 1. The molecule has 0 atom stereocenters. The van der Waals surface area contributed by atoms with Crippen molar-refractivity contribution < 1.29 is 19.0 Å². The molecule has 0 aliphatic carbocycles. The lowest BCUT2D eigenvalue weighted by Crippen LogP contribution is -2.20. The molecule has 0 saturated heterocycles. The van der Waals surface area contributed by atoms with Crippen molar-refractivity contribution in [1.29, 1.82) is 0 Å². The predicted octanol–water partition coefficient (Wildman–Crippen LogP) is 3.53. The first-order chi connectivity index (χ1) is 13.2. The van der Waals surface area contributed by atoms with E-state index in [0.29, 0.717) is 33.8 Å². The molecule has 138 valence electrons. The number of halogens is 1. The minimum atomic E-state index is -0.318. The first kappa shape index (κ1) is 17.6. The number of hydrogen-bond acceptors (Lipinski definition) is 7. The molecule has 1 aliphatic heterocycles. The molecular weight excluding hydrogens is 390 g/mol. The van der Waals surface area contributed by atoms with Crippen LogP contribution in [0.4, 0.5) is 5.13 Å². The molecular formula is C18H14ClN3O4S. The third-order valence-corrected chi connectivity index (χ3v) is 4.79. The van der Waals surface area contributed by atoms with Crippen LogP contribution in [0.2, 0.25) is 5.02 Å². The number of ether oxygens (including phenoxy) is 3. The molecule has 0 fully saturated rings. The van der Waals surface area contributed by atoms with Gasteiger partial charge in [0.2, 0.25) is 11.9 Å². The molecule has 7 nitrogen and oxygen atoms in total. The summed E-state index contributed by atoms with van der Waals surface area (Å²) < 4.78 is 16.0. The maximum absolute atomic E-state index is 12.1. The van der Waals surface area contributed by atoms with Gasteiger partial charge in [-0.15, -0.1) is 10.2 Å². The Hall–Kier alpha value is -2.84. The van der Waals surface area contributed by atoms with Crippen LogP contribution in [-0.2, 0) is 11.2 Å². The van der Waals surface area contributed by atoms with E-state index < -0.39 is 0 Å². The van der Waals surface area contributed by atoms with E-state index >= 15 is 0 Å². The lowest BCUT2D eigenvalue weighted by atomic mass is 10.2. The van der Waals surface area contributed by atoms with E-state index in [1.165, 1.54) is 11.3 Å². The summed E-state index contributed by atoms with van der Waals surface area (Å²) in [6, 6.07) is 12.7. The van der Waals surface area contributed by atoms with Gasteiger partial charge in [-0.25, -0.2) is 0 Å². The smallest absolute Gasteiger partial charge is 0.264 e. The zero-order valence-corrected chi connectivity index (χ0v) is 15.5. The molecule has 2 aromatic carbocycles. The molecule has 0 unspecified atom stereocenters. The first-order valence-electron chi connectivity index (χ1n) is 8.05. The quantitative estimate of drug-likeness (QED) is 0.678. The van der Waals surface area contributed by atoms with E-state index in [1.807, 2.05) is 24.3 Å². The Labute approximate surface area is 163 Å². The standard InChI is InChI=1S/C18H14ClN3O4S/c19-12-3-1-11(2-4-12)7-17-21-22-18(27-17)20-16(23)9-24-13-5-6-14-15(8-13)26-10-25-14/h1-6,8H,7,9-10H2,(H,20,22,23). The minimum absolute atomic E-state index is 0.147. The SMILES string of the molecule is O=C(COc1ccc2c(c1)OCO2)Nc1nnc(Cc2ccc(Cl)cc2)s1. The van der Waals surface area contributed by atoms with Crippen LogP contribution in [0, 0.1) is 0 Å². The highest BCUT2D eigenvalue weighted by Gasteiger charge is 2.15. The number of aromatic nitrogens is 2. The third-order valence-electron chi connectivity index (χ3n) is 3.70. The highest BCUT2D eigenvalue weighted by atomic mass is 35.5. The zero-order chi connectivity index (χ0) is 18.6. The molecule has 0 bridgehead atoms. The van der Waals surface area contributed by atoms with Crippen LogP contribution in [0.25, 0.3) is 0 Å². The van der Waals surface area contributed by atoms with Gasteiger partial charge >= 0.3 is 0 Å². The average Bonchev–Trinajstić information content (AvgIpc) is 3.30. The van der Waals surface area contributed by atoms with Crippen LogP contribution >= 0.6 is 22.9 Å². The zero-order valence-electron chi connectivity index (χ0n) is 14.0.